The Bertz CT molecular complexity index is 691. The molecule has 1 aromatic carbocycles. The minimum Gasteiger partial charge on any atom is -0.364 e. The molecule has 0 aliphatic heterocycles. The van der Waals surface area contributed by atoms with Crippen LogP contribution in [0.15, 0.2) is 34.1 Å². The van der Waals surface area contributed by atoms with E-state index in [1.54, 1.807) is 11.3 Å². The molecule has 1 N–H and O–H groups in total. The van der Waals surface area contributed by atoms with E-state index in [9.17, 15) is 5.26 Å². The lowest BCUT2D eigenvalue weighted by atomic mass is 9.81. The first-order valence-corrected chi connectivity index (χ1v) is 8.41. The molecule has 2 nitrogen and oxygen atoms in total. The zero-order chi connectivity index (χ0) is 14.2. The summed E-state index contributed by atoms with van der Waals surface area (Å²) in [6, 6.07) is 10.2. The molecule has 1 aliphatic rings. The lowest BCUT2D eigenvalue weighted by Gasteiger charge is -2.33. The Labute approximate surface area is 135 Å². The molecule has 0 amide bonds. The highest BCUT2D eigenvalue weighted by Crippen LogP contribution is 2.40. The summed E-state index contributed by atoms with van der Waals surface area (Å²) in [7, 11) is 0. The Morgan fingerprint density at radius 1 is 1.40 bits per heavy atom. The molecule has 2 aromatic rings. The van der Waals surface area contributed by atoms with Gasteiger partial charge in [-0.2, -0.15) is 5.26 Å². The van der Waals surface area contributed by atoms with E-state index in [2.05, 4.69) is 38.8 Å². The molecule has 0 bridgehead atoms. The van der Waals surface area contributed by atoms with Crippen molar-refractivity contribution in [1.82, 2.24) is 0 Å². The van der Waals surface area contributed by atoms with Gasteiger partial charge < -0.3 is 5.32 Å². The molecule has 20 heavy (non-hydrogen) atoms. The first kappa shape index (κ1) is 13.9. The van der Waals surface area contributed by atoms with Crippen molar-refractivity contribution >= 4 is 44.6 Å². The average Bonchev–Trinajstić information content (AvgIpc) is 2.93. The zero-order valence-electron chi connectivity index (χ0n) is 10.6. The molecule has 1 aliphatic carbocycles. The number of nitrogens with one attached hydrogen (secondary N) is 1. The lowest BCUT2D eigenvalue weighted by Crippen LogP contribution is -2.36. The summed E-state index contributed by atoms with van der Waals surface area (Å²) >= 11 is 11.2. The summed E-state index contributed by atoms with van der Waals surface area (Å²) in [6.07, 6.45) is 2.93. The number of fused-ring (bicyclic) bond motifs is 1. The van der Waals surface area contributed by atoms with Crippen LogP contribution in [0.25, 0.3) is 0 Å². The highest BCUT2D eigenvalue weighted by Gasteiger charge is 2.37. The summed E-state index contributed by atoms with van der Waals surface area (Å²) in [5.74, 6) is 0. The summed E-state index contributed by atoms with van der Waals surface area (Å²) < 4.78 is 0.832. The maximum Gasteiger partial charge on any atom is 0.152 e. The van der Waals surface area contributed by atoms with Crippen LogP contribution in [-0.2, 0) is 12.0 Å². The number of nitriles is 1. The first-order chi connectivity index (χ1) is 9.64. The van der Waals surface area contributed by atoms with Crippen molar-refractivity contribution in [3.05, 3.63) is 49.6 Å². The van der Waals surface area contributed by atoms with E-state index in [1.807, 2.05) is 18.2 Å². The Morgan fingerprint density at radius 2 is 2.25 bits per heavy atom. The second-order valence-corrected chi connectivity index (χ2v) is 7.14. The Kier molecular flexibility index (Phi) is 3.76. The van der Waals surface area contributed by atoms with E-state index in [0.29, 0.717) is 5.02 Å². The van der Waals surface area contributed by atoms with Crippen LogP contribution < -0.4 is 5.32 Å². The van der Waals surface area contributed by atoms with Gasteiger partial charge in [0.1, 0.15) is 0 Å². The number of anilines is 1. The second-order valence-electron chi connectivity index (χ2n) is 4.88. The maximum absolute atomic E-state index is 9.75. The van der Waals surface area contributed by atoms with E-state index >= 15 is 0 Å². The van der Waals surface area contributed by atoms with Crippen LogP contribution in [0.4, 0.5) is 5.69 Å². The highest BCUT2D eigenvalue weighted by atomic mass is 79.9. The van der Waals surface area contributed by atoms with Gasteiger partial charge in [0.2, 0.25) is 0 Å². The van der Waals surface area contributed by atoms with Crippen molar-refractivity contribution in [2.75, 3.05) is 5.32 Å². The van der Waals surface area contributed by atoms with Crippen LogP contribution in [0, 0.1) is 11.3 Å². The summed E-state index contributed by atoms with van der Waals surface area (Å²) in [6.45, 7) is 0. The third-order valence-electron chi connectivity index (χ3n) is 3.63. The molecule has 102 valence electrons. The quantitative estimate of drug-likeness (QED) is 0.778. The Hall–Kier alpha value is -1.02. The Balaban J connectivity index is 2.00. The van der Waals surface area contributed by atoms with Crippen molar-refractivity contribution in [2.24, 2.45) is 0 Å². The first-order valence-electron chi connectivity index (χ1n) is 6.36. The molecule has 0 radical (unpaired) electrons. The third-order valence-corrected chi connectivity index (χ3v) is 5.82. The number of thiophene rings is 1. The molecule has 5 heteroatoms. The molecule has 0 saturated carbocycles. The van der Waals surface area contributed by atoms with E-state index in [0.717, 1.165) is 35.0 Å². The molecule has 0 saturated heterocycles. The third kappa shape index (κ3) is 2.35. The Morgan fingerprint density at radius 3 is 3.00 bits per heavy atom. The van der Waals surface area contributed by atoms with Crippen LogP contribution in [0.5, 0.6) is 0 Å². The van der Waals surface area contributed by atoms with Gasteiger partial charge in [-0.25, -0.2) is 0 Å². The number of nitrogens with zero attached hydrogens (tertiary/aromatic N) is 1. The number of aryl methyl sites for hydroxylation is 1. The largest absolute Gasteiger partial charge is 0.364 e. The number of rotatable bonds is 2. The molecular formula is C15H12BrClN2S. The fraction of sp³-hybridized carbons (Fsp3) is 0.267. The molecule has 0 fully saturated rings. The lowest BCUT2D eigenvalue weighted by molar-refractivity contribution is 0.511. The van der Waals surface area contributed by atoms with E-state index in [-0.39, 0.29) is 0 Å². The maximum atomic E-state index is 9.75. The molecular weight excluding hydrogens is 356 g/mol. The van der Waals surface area contributed by atoms with Gasteiger partial charge in [0.05, 0.1) is 11.1 Å². The van der Waals surface area contributed by atoms with Crippen LogP contribution in [0.1, 0.15) is 23.3 Å². The molecule has 1 aromatic heterocycles. The molecule has 1 atom stereocenters. The minimum atomic E-state index is -0.624. The summed E-state index contributed by atoms with van der Waals surface area (Å²) in [5, 5.41) is 15.9. The number of hydrogen-bond donors (Lipinski definition) is 1. The number of benzene rings is 1. The van der Waals surface area contributed by atoms with Crippen LogP contribution in [0.3, 0.4) is 0 Å². The minimum absolute atomic E-state index is 0.624. The van der Waals surface area contributed by atoms with Gasteiger partial charge in [0.15, 0.2) is 5.54 Å². The van der Waals surface area contributed by atoms with Gasteiger partial charge in [0, 0.05) is 20.6 Å². The van der Waals surface area contributed by atoms with Crippen LogP contribution in [0.2, 0.25) is 5.02 Å². The number of hydrogen-bond acceptors (Lipinski definition) is 3. The van der Waals surface area contributed by atoms with Crippen molar-refractivity contribution in [1.29, 1.82) is 5.26 Å². The zero-order valence-corrected chi connectivity index (χ0v) is 13.8. The molecule has 1 heterocycles. The van der Waals surface area contributed by atoms with E-state index < -0.39 is 5.54 Å². The van der Waals surface area contributed by atoms with Crippen LogP contribution in [-0.4, -0.2) is 0 Å². The fourth-order valence-electron chi connectivity index (χ4n) is 2.66. The van der Waals surface area contributed by atoms with Crippen molar-refractivity contribution < 1.29 is 0 Å². The predicted octanol–water partition coefficient (Wildman–Crippen LogP) is 5.33. The normalized spacial score (nSPS) is 21.1. The fourth-order valence-corrected chi connectivity index (χ4v) is 4.15. The standard InChI is InChI=1S/C15H12BrClN2S/c16-12-8-10(3-4-13(12)17)19-15(9-18)6-1-2-14-11(15)5-7-20-14/h3-5,7-8,19H,1-2,6H2. The van der Waals surface area contributed by atoms with Crippen molar-refractivity contribution in [2.45, 2.75) is 24.8 Å². The molecule has 1 unspecified atom stereocenters. The highest BCUT2D eigenvalue weighted by molar-refractivity contribution is 9.10. The molecule has 3 rings (SSSR count). The summed E-state index contributed by atoms with van der Waals surface area (Å²) in [5.41, 5.74) is 1.41. The monoisotopic (exact) mass is 366 g/mol. The predicted molar refractivity (Wildman–Crippen MR) is 87.3 cm³/mol. The van der Waals surface area contributed by atoms with E-state index in [4.69, 9.17) is 11.6 Å². The van der Waals surface area contributed by atoms with Crippen molar-refractivity contribution in [3.63, 3.8) is 0 Å². The topological polar surface area (TPSA) is 35.8 Å². The molecule has 0 spiro atoms. The van der Waals surface area contributed by atoms with Gasteiger partial charge in [-0.15, -0.1) is 11.3 Å². The summed E-state index contributed by atoms with van der Waals surface area (Å²) in [4.78, 5) is 1.32. The smallest absolute Gasteiger partial charge is 0.152 e. The van der Waals surface area contributed by atoms with Crippen LogP contribution >= 0.6 is 38.9 Å². The van der Waals surface area contributed by atoms with E-state index in [1.165, 1.54) is 4.88 Å². The van der Waals surface area contributed by atoms with Crippen molar-refractivity contribution in [3.8, 4) is 6.07 Å². The van der Waals surface area contributed by atoms with Gasteiger partial charge in [-0.05, 0) is 64.8 Å². The van der Waals surface area contributed by atoms with Gasteiger partial charge in [-0.1, -0.05) is 11.6 Å². The number of halogens is 2. The van der Waals surface area contributed by atoms with Gasteiger partial charge >= 0.3 is 0 Å². The van der Waals surface area contributed by atoms with Gasteiger partial charge in [-0.3, -0.25) is 0 Å². The second kappa shape index (κ2) is 5.40. The van der Waals surface area contributed by atoms with Gasteiger partial charge in [0.25, 0.3) is 0 Å². The average molecular weight is 368 g/mol. The SMILES string of the molecule is N#CC1(Nc2ccc(Cl)c(Br)c2)CCCc2sccc21.